The Morgan fingerprint density at radius 1 is 1.54 bits per heavy atom. The van der Waals surface area contributed by atoms with Crippen molar-refractivity contribution in [1.82, 2.24) is 19.6 Å². The number of hydrogen-bond acceptors (Lipinski definition) is 4. The quantitative estimate of drug-likeness (QED) is 0.792. The number of aromatic carboxylic acids is 1. The molecule has 2 aromatic rings. The Labute approximate surface area is 80.4 Å². The molecule has 66 valence electrons. The molecule has 0 atom stereocenters. The van der Waals surface area contributed by atoms with Gasteiger partial charge in [-0.05, 0) is 15.9 Å². The predicted molar refractivity (Wildman–Crippen MR) is 45.4 cm³/mol. The van der Waals surface area contributed by atoms with Gasteiger partial charge in [-0.1, -0.05) is 0 Å². The normalized spacial score (nSPS) is 10.5. The number of hydrogen-bond donors (Lipinski definition) is 1. The molecule has 0 bridgehead atoms. The van der Waals surface area contributed by atoms with Gasteiger partial charge in [0.2, 0.25) is 5.82 Å². The maximum absolute atomic E-state index is 10.6. The van der Waals surface area contributed by atoms with Crippen LogP contribution in [-0.2, 0) is 0 Å². The van der Waals surface area contributed by atoms with Crippen molar-refractivity contribution in [2.45, 2.75) is 0 Å². The van der Waals surface area contributed by atoms with Crippen molar-refractivity contribution in [3.63, 3.8) is 0 Å². The first-order chi connectivity index (χ1) is 6.20. The monoisotopic (exact) mass is 242 g/mol. The van der Waals surface area contributed by atoms with Gasteiger partial charge in [0.15, 0.2) is 5.65 Å². The average Bonchev–Trinajstić information content (AvgIpc) is 2.48. The summed E-state index contributed by atoms with van der Waals surface area (Å²) in [6.45, 7) is 0. The zero-order valence-electron chi connectivity index (χ0n) is 6.18. The van der Waals surface area contributed by atoms with E-state index >= 15 is 0 Å². The van der Waals surface area contributed by atoms with E-state index < -0.39 is 5.97 Å². The smallest absolute Gasteiger partial charge is 0.374 e. The molecule has 6 nitrogen and oxygen atoms in total. The lowest BCUT2D eigenvalue weighted by Gasteiger charge is -1.93. The van der Waals surface area contributed by atoms with Crippen LogP contribution >= 0.6 is 15.9 Å². The highest BCUT2D eigenvalue weighted by molar-refractivity contribution is 9.10. The molecule has 1 N–H and O–H groups in total. The molecule has 2 heterocycles. The van der Waals surface area contributed by atoms with Crippen LogP contribution in [0.1, 0.15) is 10.6 Å². The fourth-order valence-corrected chi connectivity index (χ4v) is 1.32. The highest BCUT2D eigenvalue weighted by atomic mass is 79.9. The molecule has 0 radical (unpaired) electrons. The number of fused-ring (bicyclic) bond motifs is 1. The molecule has 0 fully saturated rings. The predicted octanol–water partition coefficient (Wildman–Crippen LogP) is 0.585. The molecule has 0 aliphatic rings. The van der Waals surface area contributed by atoms with E-state index in [-0.39, 0.29) is 5.82 Å². The summed E-state index contributed by atoms with van der Waals surface area (Å²) in [5.74, 6) is -1.28. The fourth-order valence-electron chi connectivity index (χ4n) is 0.933. The van der Waals surface area contributed by atoms with E-state index in [0.717, 1.165) is 0 Å². The van der Waals surface area contributed by atoms with Crippen LogP contribution < -0.4 is 0 Å². The summed E-state index contributed by atoms with van der Waals surface area (Å²) in [5.41, 5.74) is 0.437. The molecule has 2 aromatic heterocycles. The van der Waals surface area contributed by atoms with E-state index in [1.807, 2.05) is 0 Å². The number of nitrogens with zero attached hydrogens (tertiary/aromatic N) is 4. The molecule has 0 unspecified atom stereocenters. The van der Waals surface area contributed by atoms with Gasteiger partial charge >= 0.3 is 5.97 Å². The van der Waals surface area contributed by atoms with Crippen molar-refractivity contribution >= 4 is 27.5 Å². The summed E-state index contributed by atoms with van der Waals surface area (Å²) < 4.78 is 1.90. The van der Waals surface area contributed by atoms with Gasteiger partial charge in [0.1, 0.15) is 6.33 Å². The molecule has 0 amide bonds. The van der Waals surface area contributed by atoms with E-state index in [1.54, 1.807) is 0 Å². The topological polar surface area (TPSA) is 80.4 Å². The number of carboxylic acid groups (broad SMARTS) is 1. The molecule has 7 heteroatoms. The third kappa shape index (κ3) is 1.17. The van der Waals surface area contributed by atoms with Gasteiger partial charge < -0.3 is 5.11 Å². The van der Waals surface area contributed by atoms with E-state index in [4.69, 9.17) is 5.11 Å². The summed E-state index contributed by atoms with van der Waals surface area (Å²) in [5, 5.41) is 15.9. The minimum Gasteiger partial charge on any atom is -0.475 e. The molecule has 0 saturated carbocycles. The molecule has 0 saturated heterocycles. The summed E-state index contributed by atoms with van der Waals surface area (Å²) in [6.07, 6.45) is 2.87. The van der Waals surface area contributed by atoms with E-state index in [9.17, 15) is 4.79 Å². The van der Waals surface area contributed by atoms with Crippen LogP contribution in [0, 0.1) is 0 Å². The van der Waals surface area contributed by atoms with E-state index in [0.29, 0.717) is 10.1 Å². The van der Waals surface area contributed by atoms with Crippen molar-refractivity contribution < 1.29 is 9.90 Å². The highest BCUT2D eigenvalue weighted by Gasteiger charge is 2.13. The largest absolute Gasteiger partial charge is 0.475 e. The minimum atomic E-state index is -1.13. The van der Waals surface area contributed by atoms with Gasteiger partial charge in [0, 0.05) is 6.20 Å². The zero-order chi connectivity index (χ0) is 9.42. The number of aromatic nitrogens is 4. The summed E-state index contributed by atoms with van der Waals surface area (Å²) >= 11 is 3.18. The molecular weight excluding hydrogens is 240 g/mol. The minimum absolute atomic E-state index is 0.149. The first-order valence-electron chi connectivity index (χ1n) is 3.27. The Morgan fingerprint density at radius 3 is 3.00 bits per heavy atom. The Hall–Kier alpha value is -1.50. The van der Waals surface area contributed by atoms with Gasteiger partial charge in [0.05, 0.1) is 4.47 Å². The highest BCUT2D eigenvalue weighted by Crippen LogP contribution is 2.14. The number of carboxylic acids is 1. The first kappa shape index (κ1) is 8.11. The Balaban J connectivity index is 2.83. The number of rotatable bonds is 1. The standard InChI is InChI=1S/C6H3BrN4O2/c7-3-1-8-2-11-4(3)9-10-5(11)6(12)13/h1-2H,(H,12,13). The van der Waals surface area contributed by atoms with Crippen LogP contribution in [0.25, 0.3) is 5.65 Å². The lowest BCUT2D eigenvalue weighted by Crippen LogP contribution is -2.03. The third-order valence-corrected chi connectivity index (χ3v) is 2.03. The van der Waals surface area contributed by atoms with Gasteiger partial charge in [-0.25, -0.2) is 9.78 Å². The lowest BCUT2D eigenvalue weighted by atomic mass is 10.6. The lowest BCUT2D eigenvalue weighted by molar-refractivity contribution is 0.0682. The van der Waals surface area contributed by atoms with Crippen LogP contribution in [-0.4, -0.2) is 30.7 Å². The first-order valence-corrected chi connectivity index (χ1v) is 4.07. The summed E-state index contributed by atoms with van der Waals surface area (Å²) in [6, 6.07) is 0. The molecule has 0 spiro atoms. The average molecular weight is 243 g/mol. The summed E-state index contributed by atoms with van der Waals surface area (Å²) in [7, 11) is 0. The SMILES string of the molecule is O=C(O)c1nnc2c(Br)cncn12. The van der Waals surface area contributed by atoms with Crippen LogP contribution in [0.2, 0.25) is 0 Å². The maximum atomic E-state index is 10.6. The number of halogens is 1. The second-order valence-electron chi connectivity index (χ2n) is 2.26. The van der Waals surface area contributed by atoms with Gasteiger partial charge in [-0.15, -0.1) is 10.2 Å². The van der Waals surface area contributed by atoms with Gasteiger partial charge in [-0.3, -0.25) is 4.40 Å². The molecular formula is C6H3BrN4O2. The van der Waals surface area contributed by atoms with E-state index in [2.05, 4.69) is 31.1 Å². The molecule has 0 aliphatic carbocycles. The van der Waals surface area contributed by atoms with Crippen LogP contribution in [0.4, 0.5) is 0 Å². The second-order valence-corrected chi connectivity index (χ2v) is 3.12. The maximum Gasteiger partial charge on any atom is 0.374 e. The van der Waals surface area contributed by atoms with Crippen LogP contribution in [0.5, 0.6) is 0 Å². The Bertz CT molecular complexity index is 480. The number of carbonyl (C=O) groups is 1. The van der Waals surface area contributed by atoms with Gasteiger partial charge in [0.25, 0.3) is 0 Å². The fraction of sp³-hybridized carbons (Fsp3) is 0. The summed E-state index contributed by atoms with van der Waals surface area (Å²) in [4.78, 5) is 14.4. The van der Waals surface area contributed by atoms with Crippen molar-refractivity contribution in [2.75, 3.05) is 0 Å². The second kappa shape index (κ2) is 2.77. The van der Waals surface area contributed by atoms with Crippen molar-refractivity contribution in [3.8, 4) is 0 Å². The van der Waals surface area contributed by atoms with Crippen LogP contribution in [0.3, 0.4) is 0 Å². The Kier molecular flexibility index (Phi) is 1.73. The zero-order valence-corrected chi connectivity index (χ0v) is 7.76. The van der Waals surface area contributed by atoms with E-state index in [1.165, 1.54) is 16.9 Å². The van der Waals surface area contributed by atoms with Crippen LogP contribution in [0.15, 0.2) is 17.0 Å². The van der Waals surface area contributed by atoms with Crippen molar-refractivity contribution in [1.29, 1.82) is 0 Å². The molecule has 13 heavy (non-hydrogen) atoms. The Morgan fingerprint density at radius 2 is 2.31 bits per heavy atom. The molecule has 2 rings (SSSR count). The van der Waals surface area contributed by atoms with Gasteiger partial charge in [-0.2, -0.15) is 0 Å². The van der Waals surface area contributed by atoms with Crippen molar-refractivity contribution in [3.05, 3.63) is 22.8 Å². The van der Waals surface area contributed by atoms with Crippen molar-refractivity contribution in [2.24, 2.45) is 0 Å². The molecule has 0 aliphatic heterocycles. The third-order valence-electron chi connectivity index (χ3n) is 1.47. The molecule has 0 aromatic carbocycles.